The maximum Gasteiger partial charge on any atom is 0.272 e. The van der Waals surface area contributed by atoms with Gasteiger partial charge in [0, 0.05) is 22.3 Å². The van der Waals surface area contributed by atoms with Gasteiger partial charge in [-0.25, -0.2) is 4.98 Å². The number of pyridine rings is 1. The van der Waals surface area contributed by atoms with Gasteiger partial charge in [0.1, 0.15) is 16.8 Å². The molecule has 0 saturated heterocycles. The van der Waals surface area contributed by atoms with Gasteiger partial charge in [-0.05, 0) is 72.7 Å². The highest BCUT2D eigenvalue weighted by Gasteiger charge is 2.23. The quantitative estimate of drug-likeness (QED) is 0.107. The van der Waals surface area contributed by atoms with Crippen LogP contribution in [-0.4, -0.2) is 22.7 Å². The van der Waals surface area contributed by atoms with Crippen LogP contribution in [0.5, 0.6) is 0 Å². The third-order valence-electron chi connectivity index (χ3n) is 6.57. The summed E-state index contributed by atoms with van der Waals surface area (Å²) in [4.78, 5) is 44.7. The van der Waals surface area contributed by atoms with Crippen LogP contribution in [0.3, 0.4) is 0 Å². The fraction of sp³-hybridized carbons (Fsp3) is 0.0556. The number of halogens is 1. The number of anilines is 2. The van der Waals surface area contributed by atoms with Gasteiger partial charge in [-0.2, -0.15) is 0 Å². The Bertz CT molecular complexity index is 1810. The Morgan fingerprint density at radius 1 is 0.800 bits per heavy atom. The summed E-state index contributed by atoms with van der Waals surface area (Å²) in [6.07, 6.45) is 3.12. The molecule has 45 heavy (non-hydrogen) atoms. The van der Waals surface area contributed by atoms with Crippen molar-refractivity contribution in [3.05, 3.63) is 160 Å². The number of thioether (sulfide) groups is 1. The van der Waals surface area contributed by atoms with E-state index in [2.05, 4.69) is 20.9 Å². The topological polar surface area (TPSA) is 100 Å². The molecule has 7 nitrogen and oxygen atoms in total. The van der Waals surface area contributed by atoms with Crippen LogP contribution in [0, 0.1) is 6.92 Å². The predicted octanol–water partition coefficient (Wildman–Crippen LogP) is 7.93. The Morgan fingerprint density at radius 2 is 1.51 bits per heavy atom. The summed E-state index contributed by atoms with van der Waals surface area (Å²) >= 11 is 7.31. The first-order valence-corrected chi connectivity index (χ1v) is 15.3. The van der Waals surface area contributed by atoms with E-state index in [-0.39, 0.29) is 11.6 Å². The second kappa shape index (κ2) is 15.0. The highest BCUT2D eigenvalue weighted by atomic mass is 35.5. The smallest absolute Gasteiger partial charge is 0.272 e. The molecule has 5 aromatic rings. The standard InChI is InChI=1S/C36H29ClN4O3S/c1-24-9-8-10-25(21-24)22-31(40-34(42)27-13-6-3-7-14-27)35(43)39-29-16-18-30(19-17-29)45-33(26-11-4-2-5-12-26)36(44)41-32-20-15-28(37)23-38-32/h2-23,33H,1H3,(H,39,43)(H,40,42)(H,38,41,44)/b31-22-. The van der Waals surface area contributed by atoms with Crippen LogP contribution in [0.15, 0.2) is 138 Å². The number of carbonyl (C=O) groups is 3. The van der Waals surface area contributed by atoms with Crippen molar-refractivity contribution in [3.63, 3.8) is 0 Å². The SMILES string of the molecule is Cc1cccc(/C=C(\NC(=O)c2ccccc2)C(=O)Nc2ccc(SC(C(=O)Nc3ccc(Cl)cn3)c3ccccc3)cc2)c1. The Hall–Kier alpha value is -5.18. The van der Waals surface area contributed by atoms with E-state index in [4.69, 9.17) is 11.6 Å². The van der Waals surface area contributed by atoms with Gasteiger partial charge in [-0.15, -0.1) is 11.8 Å². The van der Waals surface area contributed by atoms with Gasteiger partial charge in [-0.3, -0.25) is 14.4 Å². The number of hydrogen-bond acceptors (Lipinski definition) is 5. The highest BCUT2D eigenvalue weighted by molar-refractivity contribution is 8.00. The van der Waals surface area contributed by atoms with Gasteiger partial charge < -0.3 is 16.0 Å². The van der Waals surface area contributed by atoms with Crippen LogP contribution >= 0.6 is 23.4 Å². The second-order valence-corrected chi connectivity index (χ2v) is 11.6. The monoisotopic (exact) mass is 632 g/mol. The normalized spacial score (nSPS) is 11.7. The van der Waals surface area contributed by atoms with Gasteiger partial charge >= 0.3 is 0 Å². The van der Waals surface area contributed by atoms with E-state index >= 15 is 0 Å². The van der Waals surface area contributed by atoms with Crippen molar-refractivity contribution in [2.45, 2.75) is 17.1 Å². The second-order valence-electron chi connectivity index (χ2n) is 10.0. The maximum atomic E-state index is 13.4. The van der Waals surface area contributed by atoms with Gasteiger partial charge in [0.05, 0.1) is 5.02 Å². The first-order chi connectivity index (χ1) is 21.8. The summed E-state index contributed by atoms with van der Waals surface area (Å²) in [6, 6.07) is 36.3. The molecule has 0 radical (unpaired) electrons. The molecule has 0 fully saturated rings. The average molecular weight is 633 g/mol. The summed E-state index contributed by atoms with van der Waals surface area (Å²) in [5, 5.41) is 8.41. The molecule has 0 bridgehead atoms. The molecule has 9 heteroatoms. The van der Waals surface area contributed by atoms with Gasteiger partial charge in [-0.1, -0.05) is 90.0 Å². The first kappa shape index (κ1) is 31.3. The summed E-state index contributed by atoms with van der Waals surface area (Å²) in [5.41, 5.74) is 3.69. The number of aromatic nitrogens is 1. The molecule has 0 saturated carbocycles. The number of carbonyl (C=O) groups excluding carboxylic acids is 3. The molecular formula is C36H29ClN4O3S. The molecule has 5 rings (SSSR count). The molecule has 1 heterocycles. The van der Waals surface area contributed by atoms with Crippen LogP contribution in [0.4, 0.5) is 11.5 Å². The number of rotatable bonds is 10. The Morgan fingerprint density at radius 3 is 2.18 bits per heavy atom. The molecule has 0 aliphatic rings. The zero-order valence-electron chi connectivity index (χ0n) is 24.2. The van der Waals surface area contributed by atoms with Crippen molar-refractivity contribution in [1.82, 2.24) is 10.3 Å². The lowest BCUT2D eigenvalue weighted by Crippen LogP contribution is -2.30. The molecule has 0 aliphatic heterocycles. The number of nitrogens with one attached hydrogen (secondary N) is 3. The highest BCUT2D eigenvalue weighted by Crippen LogP contribution is 2.36. The van der Waals surface area contributed by atoms with Crippen LogP contribution in [0.2, 0.25) is 5.02 Å². The van der Waals surface area contributed by atoms with E-state index in [9.17, 15) is 14.4 Å². The van der Waals surface area contributed by atoms with E-state index in [1.54, 1.807) is 54.6 Å². The number of hydrogen-bond donors (Lipinski definition) is 3. The van der Waals surface area contributed by atoms with Gasteiger partial charge in [0.2, 0.25) is 5.91 Å². The number of benzene rings is 4. The van der Waals surface area contributed by atoms with E-state index in [0.29, 0.717) is 22.1 Å². The molecular weight excluding hydrogens is 604 g/mol. The van der Waals surface area contributed by atoms with Crippen molar-refractivity contribution in [3.8, 4) is 0 Å². The Balaban J connectivity index is 1.32. The molecule has 3 amide bonds. The zero-order valence-corrected chi connectivity index (χ0v) is 25.8. The molecule has 0 spiro atoms. The minimum Gasteiger partial charge on any atom is -0.321 e. The Kier molecular flexibility index (Phi) is 10.4. The van der Waals surface area contributed by atoms with Crippen molar-refractivity contribution in [1.29, 1.82) is 0 Å². The van der Waals surface area contributed by atoms with Crippen molar-refractivity contribution in [2.75, 3.05) is 10.6 Å². The van der Waals surface area contributed by atoms with Crippen LogP contribution < -0.4 is 16.0 Å². The molecule has 3 N–H and O–H groups in total. The van der Waals surface area contributed by atoms with E-state index in [0.717, 1.165) is 21.6 Å². The minimum absolute atomic E-state index is 0.101. The lowest BCUT2D eigenvalue weighted by Gasteiger charge is -2.17. The van der Waals surface area contributed by atoms with E-state index in [1.807, 2.05) is 79.7 Å². The molecule has 0 aliphatic carbocycles. The average Bonchev–Trinajstić information content (AvgIpc) is 3.06. The number of amides is 3. The van der Waals surface area contributed by atoms with E-state index < -0.39 is 17.1 Å². The summed E-state index contributed by atoms with van der Waals surface area (Å²) in [6.45, 7) is 1.96. The van der Waals surface area contributed by atoms with Crippen molar-refractivity contribution in [2.24, 2.45) is 0 Å². The molecule has 1 aromatic heterocycles. The lowest BCUT2D eigenvalue weighted by atomic mass is 10.1. The number of nitrogens with zero attached hydrogens (tertiary/aromatic N) is 1. The molecule has 1 atom stereocenters. The maximum absolute atomic E-state index is 13.4. The van der Waals surface area contributed by atoms with Gasteiger partial charge in [0.15, 0.2) is 0 Å². The molecule has 224 valence electrons. The zero-order chi connectivity index (χ0) is 31.6. The number of aryl methyl sites for hydroxylation is 1. The Labute approximate surface area is 270 Å². The minimum atomic E-state index is -0.568. The van der Waals surface area contributed by atoms with Crippen molar-refractivity contribution >= 4 is 58.7 Å². The fourth-order valence-electron chi connectivity index (χ4n) is 4.36. The fourth-order valence-corrected chi connectivity index (χ4v) is 5.50. The van der Waals surface area contributed by atoms with Crippen LogP contribution in [0.1, 0.15) is 32.3 Å². The summed E-state index contributed by atoms with van der Waals surface area (Å²) in [5.74, 6) is -0.704. The predicted molar refractivity (Wildman–Crippen MR) is 181 cm³/mol. The van der Waals surface area contributed by atoms with Crippen molar-refractivity contribution < 1.29 is 14.4 Å². The summed E-state index contributed by atoms with van der Waals surface area (Å²) in [7, 11) is 0. The van der Waals surface area contributed by atoms with E-state index in [1.165, 1.54) is 18.0 Å². The largest absolute Gasteiger partial charge is 0.321 e. The van der Waals surface area contributed by atoms with Crippen LogP contribution in [-0.2, 0) is 9.59 Å². The summed E-state index contributed by atoms with van der Waals surface area (Å²) < 4.78 is 0. The third-order valence-corrected chi connectivity index (χ3v) is 8.06. The van der Waals surface area contributed by atoms with Gasteiger partial charge in [0.25, 0.3) is 11.8 Å². The molecule has 4 aromatic carbocycles. The first-order valence-electron chi connectivity index (χ1n) is 14.0. The molecule has 1 unspecified atom stereocenters. The van der Waals surface area contributed by atoms with Crippen LogP contribution in [0.25, 0.3) is 6.08 Å². The third kappa shape index (κ3) is 8.92. The lowest BCUT2D eigenvalue weighted by molar-refractivity contribution is -0.116.